The van der Waals surface area contributed by atoms with Gasteiger partial charge in [0.1, 0.15) is 6.33 Å². The van der Waals surface area contributed by atoms with Crippen LogP contribution in [0.15, 0.2) is 54.9 Å². The number of carbonyl (C=O) groups is 1. The van der Waals surface area contributed by atoms with Crippen LogP contribution in [-0.2, 0) is 13.0 Å². The molecule has 0 saturated carbocycles. The molecule has 0 saturated heterocycles. The minimum Gasteiger partial charge on any atom is -0.356 e. The number of hydrogen-bond donors (Lipinski definition) is 2. The second kappa shape index (κ2) is 6.92. The molecule has 2 heterocycles. The molecule has 0 bridgehead atoms. The molecule has 1 atom stereocenters. The Morgan fingerprint density at radius 1 is 1.18 bits per heavy atom. The summed E-state index contributed by atoms with van der Waals surface area (Å²) in [5.41, 5.74) is 5.32. The molecule has 1 aliphatic rings. The highest BCUT2D eigenvalue weighted by molar-refractivity contribution is 5.94. The number of nitrogens with one attached hydrogen (secondary N) is 2. The number of H-pyrrole nitrogens is 1. The smallest absolute Gasteiger partial charge is 0.251 e. The fourth-order valence-electron chi connectivity index (χ4n) is 4.00. The monoisotopic (exact) mass is 372 g/mol. The van der Waals surface area contributed by atoms with Crippen LogP contribution in [0, 0.1) is 0 Å². The fraction of sp³-hybridized carbons (Fsp3) is 0.238. The van der Waals surface area contributed by atoms with E-state index in [1.165, 1.54) is 10.9 Å². The molecular formula is C21H20N6O. The highest BCUT2D eigenvalue weighted by Crippen LogP contribution is 2.34. The van der Waals surface area contributed by atoms with Crippen molar-refractivity contribution < 1.29 is 4.79 Å². The summed E-state index contributed by atoms with van der Waals surface area (Å²) >= 11 is 0. The Hall–Kier alpha value is -3.48. The maximum absolute atomic E-state index is 12.8. The zero-order valence-corrected chi connectivity index (χ0v) is 15.3. The van der Waals surface area contributed by atoms with E-state index < -0.39 is 0 Å². The highest BCUT2D eigenvalue weighted by atomic mass is 16.1. The standard InChI is InChI=1S/C21H20N6O/c28-21(15-10-8-14(9-11-15)12-27-13-22-25-26-27)24-19-7-3-5-17-16-4-1-2-6-18(16)23-20(17)19/h1-2,4,6,8-11,13,19,23H,3,5,7,12H2,(H,24,28)/t19-/m1/s1. The predicted molar refractivity (Wildman–Crippen MR) is 105 cm³/mol. The van der Waals surface area contributed by atoms with E-state index >= 15 is 0 Å². The summed E-state index contributed by atoms with van der Waals surface area (Å²) < 4.78 is 1.65. The number of hydrogen-bond acceptors (Lipinski definition) is 4. The Bertz CT molecular complexity index is 1110. The molecule has 5 rings (SSSR count). The van der Waals surface area contributed by atoms with E-state index in [9.17, 15) is 4.79 Å². The summed E-state index contributed by atoms with van der Waals surface area (Å²) in [4.78, 5) is 16.3. The first kappa shape index (κ1) is 16.7. The highest BCUT2D eigenvalue weighted by Gasteiger charge is 2.25. The third-order valence-electron chi connectivity index (χ3n) is 5.37. The molecule has 0 aliphatic heterocycles. The van der Waals surface area contributed by atoms with E-state index in [-0.39, 0.29) is 11.9 Å². The maximum Gasteiger partial charge on any atom is 0.251 e. The number of aryl methyl sites for hydroxylation is 1. The Kier molecular flexibility index (Phi) is 4.12. The van der Waals surface area contributed by atoms with Gasteiger partial charge >= 0.3 is 0 Å². The number of amides is 1. The van der Waals surface area contributed by atoms with Gasteiger partial charge in [0.15, 0.2) is 0 Å². The van der Waals surface area contributed by atoms with Crippen molar-refractivity contribution in [3.63, 3.8) is 0 Å². The molecule has 2 N–H and O–H groups in total. The number of fused-ring (bicyclic) bond motifs is 3. The van der Waals surface area contributed by atoms with Crippen LogP contribution in [0.3, 0.4) is 0 Å². The first-order valence-corrected chi connectivity index (χ1v) is 9.48. The van der Waals surface area contributed by atoms with Crippen LogP contribution in [0.5, 0.6) is 0 Å². The number of benzene rings is 2. The van der Waals surface area contributed by atoms with Crippen molar-refractivity contribution in [2.45, 2.75) is 31.8 Å². The lowest BCUT2D eigenvalue weighted by atomic mass is 9.91. The lowest BCUT2D eigenvalue weighted by Crippen LogP contribution is -2.31. The van der Waals surface area contributed by atoms with Crippen LogP contribution in [0.1, 0.15) is 46.1 Å². The van der Waals surface area contributed by atoms with Crippen molar-refractivity contribution in [2.24, 2.45) is 0 Å². The molecule has 7 heteroatoms. The maximum atomic E-state index is 12.8. The van der Waals surface area contributed by atoms with Gasteiger partial charge in [-0.2, -0.15) is 0 Å². The average Bonchev–Trinajstić information content (AvgIpc) is 3.37. The van der Waals surface area contributed by atoms with Gasteiger partial charge in [0.25, 0.3) is 5.91 Å². The number of carbonyl (C=O) groups excluding carboxylic acids is 1. The van der Waals surface area contributed by atoms with E-state index in [2.05, 4.69) is 44.0 Å². The molecule has 0 spiro atoms. The number of rotatable bonds is 4. The van der Waals surface area contributed by atoms with Gasteiger partial charge in [0, 0.05) is 22.2 Å². The molecule has 1 aliphatic carbocycles. The molecule has 1 amide bonds. The summed E-state index contributed by atoms with van der Waals surface area (Å²) in [6.07, 6.45) is 4.65. The van der Waals surface area contributed by atoms with Gasteiger partial charge in [0.05, 0.1) is 12.6 Å². The van der Waals surface area contributed by atoms with Crippen LogP contribution in [-0.4, -0.2) is 31.1 Å². The summed E-state index contributed by atoms with van der Waals surface area (Å²) in [6.45, 7) is 0.579. The molecule has 140 valence electrons. The van der Waals surface area contributed by atoms with E-state index in [4.69, 9.17) is 0 Å². The molecule has 7 nitrogen and oxygen atoms in total. The van der Waals surface area contributed by atoms with Gasteiger partial charge in [-0.15, -0.1) is 5.10 Å². The van der Waals surface area contributed by atoms with Crippen LogP contribution in [0.4, 0.5) is 0 Å². The van der Waals surface area contributed by atoms with E-state index in [0.717, 1.165) is 36.0 Å². The van der Waals surface area contributed by atoms with Crippen LogP contribution < -0.4 is 5.32 Å². The number of aromatic amines is 1. The second-order valence-corrected chi connectivity index (χ2v) is 7.19. The summed E-state index contributed by atoms with van der Waals surface area (Å²) in [7, 11) is 0. The molecule has 2 aromatic carbocycles. The molecule has 0 fully saturated rings. The number of tetrazole rings is 1. The number of aromatic nitrogens is 5. The van der Waals surface area contributed by atoms with Crippen LogP contribution >= 0.6 is 0 Å². The average molecular weight is 372 g/mol. The van der Waals surface area contributed by atoms with Crippen molar-refractivity contribution in [3.05, 3.63) is 77.2 Å². The van der Waals surface area contributed by atoms with Gasteiger partial charge in [-0.3, -0.25) is 4.79 Å². The lowest BCUT2D eigenvalue weighted by molar-refractivity contribution is 0.0932. The van der Waals surface area contributed by atoms with Crippen molar-refractivity contribution in [1.29, 1.82) is 0 Å². The van der Waals surface area contributed by atoms with Crippen LogP contribution in [0.25, 0.3) is 10.9 Å². The normalized spacial score (nSPS) is 16.1. The lowest BCUT2D eigenvalue weighted by Gasteiger charge is -2.24. The third-order valence-corrected chi connectivity index (χ3v) is 5.37. The van der Waals surface area contributed by atoms with Gasteiger partial charge in [-0.25, -0.2) is 4.68 Å². The Balaban J connectivity index is 1.33. The SMILES string of the molecule is O=C(N[C@@H]1CCCc2c1[nH]c1ccccc21)c1ccc(Cn2cnnn2)cc1. The Labute approximate surface area is 161 Å². The zero-order valence-electron chi connectivity index (χ0n) is 15.3. The zero-order chi connectivity index (χ0) is 18.9. The van der Waals surface area contributed by atoms with E-state index in [0.29, 0.717) is 12.1 Å². The molecule has 2 aromatic heterocycles. The fourth-order valence-corrected chi connectivity index (χ4v) is 4.00. The third kappa shape index (κ3) is 3.05. The van der Waals surface area contributed by atoms with Gasteiger partial charge in [0.2, 0.25) is 0 Å². The first-order valence-electron chi connectivity index (χ1n) is 9.48. The minimum atomic E-state index is -0.0505. The quantitative estimate of drug-likeness (QED) is 0.576. The summed E-state index contributed by atoms with van der Waals surface area (Å²) in [5, 5.41) is 15.6. The van der Waals surface area contributed by atoms with Crippen LogP contribution in [0.2, 0.25) is 0 Å². The molecule has 0 unspecified atom stereocenters. The van der Waals surface area contributed by atoms with Crippen molar-refractivity contribution >= 4 is 16.8 Å². The van der Waals surface area contributed by atoms with E-state index in [1.807, 2.05) is 30.3 Å². The Morgan fingerprint density at radius 3 is 2.86 bits per heavy atom. The van der Waals surface area contributed by atoms with Gasteiger partial charge in [-0.1, -0.05) is 30.3 Å². The first-order chi connectivity index (χ1) is 13.8. The second-order valence-electron chi connectivity index (χ2n) is 7.19. The van der Waals surface area contributed by atoms with Crippen molar-refractivity contribution in [2.75, 3.05) is 0 Å². The molecule has 28 heavy (non-hydrogen) atoms. The number of para-hydroxylation sites is 1. The topological polar surface area (TPSA) is 88.5 Å². The van der Waals surface area contributed by atoms with E-state index in [1.54, 1.807) is 11.0 Å². The molecule has 4 aromatic rings. The number of nitrogens with zero attached hydrogens (tertiary/aromatic N) is 4. The molecule has 0 radical (unpaired) electrons. The molecular weight excluding hydrogens is 352 g/mol. The largest absolute Gasteiger partial charge is 0.356 e. The Morgan fingerprint density at radius 2 is 2.04 bits per heavy atom. The van der Waals surface area contributed by atoms with Crippen molar-refractivity contribution in [3.8, 4) is 0 Å². The summed E-state index contributed by atoms with van der Waals surface area (Å²) in [5.74, 6) is -0.0505. The summed E-state index contributed by atoms with van der Waals surface area (Å²) in [6, 6.07) is 15.9. The van der Waals surface area contributed by atoms with Gasteiger partial charge in [-0.05, 0) is 59.0 Å². The van der Waals surface area contributed by atoms with Gasteiger partial charge < -0.3 is 10.3 Å². The minimum absolute atomic E-state index is 0.0181. The predicted octanol–water partition coefficient (Wildman–Crippen LogP) is 3.01. The van der Waals surface area contributed by atoms with Crippen molar-refractivity contribution in [1.82, 2.24) is 30.5 Å².